The molecule has 1 fully saturated rings. The zero-order valence-electron chi connectivity index (χ0n) is 8.71. The molecular weight excluding hydrogens is 198 g/mol. The number of thioether (sulfide) groups is 2. The first-order valence-electron chi connectivity index (χ1n) is 5.10. The highest BCUT2D eigenvalue weighted by Crippen LogP contribution is 2.22. The van der Waals surface area contributed by atoms with Crippen molar-refractivity contribution in [1.82, 2.24) is 5.32 Å². The summed E-state index contributed by atoms with van der Waals surface area (Å²) in [6.07, 6.45) is 3.61. The number of nitrogens with one attached hydrogen (secondary N) is 1. The Bertz CT molecular complexity index is 124. The van der Waals surface area contributed by atoms with E-state index in [1.54, 1.807) is 0 Å². The standard InChI is InChI=1S/C10H21NS2/c1-9(7-12-2)5-11-6-10-3-4-13-8-10/h9-11H,3-8H2,1-2H3. The first-order valence-corrected chi connectivity index (χ1v) is 7.65. The van der Waals surface area contributed by atoms with Crippen molar-refractivity contribution in [2.24, 2.45) is 11.8 Å². The van der Waals surface area contributed by atoms with E-state index >= 15 is 0 Å². The van der Waals surface area contributed by atoms with Gasteiger partial charge in [0.25, 0.3) is 0 Å². The second kappa shape index (κ2) is 7.02. The highest BCUT2D eigenvalue weighted by atomic mass is 32.2. The van der Waals surface area contributed by atoms with E-state index in [0.29, 0.717) is 0 Å². The summed E-state index contributed by atoms with van der Waals surface area (Å²) in [5.41, 5.74) is 0. The normalized spacial score (nSPS) is 24.9. The second-order valence-electron chi connectivity index (χ2n) is 3.95. The molecule has 2 unspecified atom stereocenters. The van der Waals surface area contributed by atoms with Gasteiger partial charge in [-0.15, -0.1) is 0 Å². The summed E-state index contributed by atoms with van der Waals surface area (Å²) in [6.45, 7) is 4.76. The van der Waals surface area contributed by atoms with Gasteiger partial charge in [-0.1, -0.05) is 6.92 Å². The summed E-state index contributed by atoms with van der Waals surface area (Å²) < 4.78 is 0. The van der Waals surface area contributed by atoms with Crippen molar-refractivity contribution in [2.75, 3.05) is 36.6 Å². The zero-order valence-corrected chi connectivity index (χ0v) is 10.3. The van der Waals surface area contributed by atoms with Crippen LogP contribution in [0.5, 0.6) is 0 Å². The third kappa shape index (κ3) is 5.18. The molecule has 78 valence electrons. The maximum atomic E-state index is 3.59. The highest BCUT2D eigenvalue weighted by molar-refractivity contribution is 7.99. The SMILES string of the molecule is CSCC(C)CNCC1CCSC1. The molecule has 2 atom stereocenters. The Morgan fingerprint density at radius 1 is 1.62 bits per heavy atom. The molecule has 0 aliphatic carbocycles. The number of hydrogen-bond donors (Lipinski definition) is 1. The van der Waals surface area contributed by atoms with E-state index in [1.165, 1.54) is 36.8 Å². The smallest absolute Gasteiger partial charge is 0.00122 e. The average molecular weight is 219 g/mol. The van der Waals surface area contributed by atoms with Gasteiger partial charge in [-0.3, -0.25) is 0 Å². The third-order valence-electron chi connectivity index (χ3n) is 2.40. The summed E-state index contributed by atoms with van der Waals surface area (Å²) in [4.78, 5) is 0. The third-order valence-corrected chi connectivity index (χ3v) is 4.53. The van der Waals surface area contributed by atoms with Crippen LogP contribution in [-0.4, -0.2) is 36.6 Å². The van der Waals surface area contributed by atoms with Crippen LogP contribution in [0.25, 0.3) is 0 Å². The van der Waals surface area contributed by atoms with Crippen LogP contribution in [0.1, 0.15) is 13.3 Å². The van der Waals surface area contributed by atoms with Gasteiger partial charge < -0.3 is 5.32 Å². The van der Waals surface area contributed by atoms with Crippen LogP contribution < -0.4 is 5.32 Å². The largest absolute Gasteiger partial charge is 0.316 e. The molecule has 0 spiro atoms. The Morgan fingerprint density at radius 3 is 3.08 bits per heavy atom. The van der Waals surface area contributed by atoms with Crippen molar-refractivity contribution in [2.45, 2.75) is 13.3 Å². The molecule has 0 radical (unpaired) electrons. The van der Waals surface area contributed by atoms with E-state index in [2.05, 4.69) is 30.3 Å². The van der Waals surface area contributed by atoms with E-state index in [4.69, 9.17) is 0 Å². The summed E-state index contributed by atoms with van der Waals surface area (Å²) in [5.74, 6) is 5.82. The second-order valence-corrected chi connectivity index (χ2v) is 6.01. The molecule has 0 bridgehead atoms. The molecule has 1 N–H and O–H groups in total. The Labute approximate surface area is 90.8 Å². The quantitative estimate of drug-likeness (QED) is 0.736. The van der Waals surface area contributed by atoms with Crippen molar-refractivity contribution in [3.8, 4) is 0 Å². The van der Waals surface area contributed by atoms with E-state index in [9.17, 15) is 0 Å². The molecule has 1 heterocycles. The fourth-order valence-corrected chi connectivity index (χ4v) is 3.59. The lowest BCUT2D eigenvalue weighted by atomic mass is 10.1. The minimum Gasteiger partial charge on any atom is -0.316 e. The van der Waals surface area contributed by atoms with Gasteiger partial charge >= 0.3 is 0 Å². The molecule has 0 saturated carbocycles. The topological polar surface area (TPSA) is 12.0 Å². The lowest BCUT2D eigenvalue weighted by Gasteiger charge is -2.13. The Balaban J connectivity index is 1.93. The van der Waals surface area contributed by atoms with Crippen molar-refractivity contribution in [1.29, 1.82) is 0 Å². The highest BCUT2D eigenvalue weighted by Gasteiger charge is 2.14. The first-order chi connectivity index (χ1) is 6.33. The predicted molar refractivity (Wildman–Crippen MR) is 65.8 cm³/mol. The van der Waals surface area contributed by atoms with Crippen molar-refractivity contribution in [3.05, 3.63) is 0 Å². The Morgan fingerprint density at radius 2 is 2.46 bits per heavy atom. The van der Waals surface area contributed by atoms with Gasteiger partial charge in [0, 0.05) is 0 Å². The van der Waals surface area contributed by atoms with Crippen LogP contribution in [0.2, 0.25) is 0 Å². The monoisotopic (exact) mass is 219 g/mol. The van der Waals surface area contributed by atoms with Gasteiger partial charge in [0.2, 0.25) is 0 Å². The molecule has 1 aliphatic rings. The van der Waals surface area contributed by atoms with Crippen LogP contribution in [0.3, 0.4) is 0 Å². The Hall–Kier alpha value is 0.660. The van der Waals surface area contributed by atoms with Gasteiger partial charge in [0.15, 0.2) is 0 Å². The van der Waals surface area contributed by atoms with Gasteiger partial charge in [-0.05, 0) is 54.9 Å². The molecular formula is C10H21NS2. The zero-order chi connectivity index (χ0) is 9.52. The lowest BCUT2D eigenvalue weighted by Crippen LogP contribution is -2.28. The molecule has 1 rings (SSSR count). The fourth-order valence-electron chi connectivity index (χ4n) is 1.62. The molecule has 0 aromatic rings. The van der Waals surface area contributed by atoms with Gasteiger partial charge in [0.05, 0.1) is 0 Å². The maximum absolute atomic E-state index is 3.59. The van der Waals surface area contributed by atoms with Crippen molar-refractivity contribution in [3.63, 3.8) is 0 Å². The summed E-state index contributed by atoms with van der Waals surface area (Å²) in [7, 11) is 0. The van der Waals surface area contributed by atoms with E-state index < -0.39 is 0 Å². The van der Waals surface area contributed by atoms with Crippen LogP contribution in [0, 0.1) is 11.8 Å². The van der Waals surface area contributed by atoms with Gasteiger partial charge in [-0.2, -0.15) is 23.5 Å². The van der Waals surface area contributed by atoms with Crippen LogP contribution in [0.4, 0.5) is 0 Å². The maximum Gasteiger partial charge on any atom is -0.00122 e. The predicted octanol–water partition coefficient (Wildman–Crippen LogP) is 2.33. The average Bonchev–Trinajstić information content (AvgIpc) is 2.57. The fraction of sp³-hybridized carbons (Fsp3) is 1.00. The van der Waals surface area contributed by atoms with Crippen molar-refractivity contribution >= 4 is 23.5 Å². The number of rotatable bonds is 6. The van der Waals surface area contributed by atoms with Gasteiger partial charge in [-0.25, -0.2) is 0 Å². The van der Waals surface area contributed by atoms with E-state index in [0.717, 1.165) is 11.8 Å². The lowest BCUT2D eigenvalue weighted by molar-refractivity contribution is 0.484. The van der Waals surface area contributed by atoms with Crippen LogP contribution in [-0.2, 0) is 0 Å². The first kappa shape index (κ1) is 11.7. The van der Waals surface area contributed by atoms with E-state index in [-0.39, 0.29) is 0 Å². The van der Waals surface area contributed by atoms with Crippen molar-refractivity contribution < 1.29 is 0 Å². The van der Waals surface area contributed by atoms with Crippen LogP contribution >= 0.6 is 23.5 Å². The number of hydrogen-bond acceptors (Lipinski definition) is 3. The minimum atomic E-state index is 0.823. The minimum absolute atomic E-state index is 0.823. The Kier molecular flexibility index (Phi) is 6.33. The van der Waals surface area contributed by atoms with E-state index in [1.807, 2.05) is 11.8 Å². The molecule has 1 nitrogen and oxygen atoms in total. The molecule has 0 aromatic carbocycles. The van der Waals surface area contributed by atoms with Crippen LogP contribution in [0.15, 0.2) is 0 Å². The summed E-state index contributed by atoms with van der Waals surface area (Å²) >= 11 is 4.06. The molecule has 13 heavy (non-hydrogen) atoms. The molecule has 1 saturated heterocycles. The molecule has 0 aromatic heterocycles. The molecule has 1 aliphatic heterocycles. The molecule has 0 amide bonds. The molecule has 3 heteroatoms. The summed E-state index contributed by atoms with van der Waals surface area (Å²) in [6, 6.07) is 0. The summed E-state index contributed by atoms with van der Waals surface area (Å²) in [5, 5.41) is 3.59. The van der Waals surface area contributed by atoms with Gasteiger partial charge in [0.1, 0.15) is 0 Å².